The van der Waals surface area contributed by atoms with Gasteiger partial charge < -0.3 is 0 Å². The number of primary sulfonamides is 1. The second kappa shape index (κ2) is 4.09. The summed E-state index contributed by atoms with van der Waals surface area (Å²) in [7, 11) is -3.91. The summed E-state index contributed by atoms with van der Waals surface area (Å²) in [6, 6.07) is 2.40. The molecule has 1 rings (SSSR count). The van der Waals surface area contributed by atoms with Crippen molar-refractivity contribution < 1.29 is 13.2 Å². The molecule has 0 unspecified atom stereocenters. The van der Waals surface area contributed by atoms with Crippen LogP contribution in [0.25, 0.3) is 0 Å². The van der Waals surface area contributed by atoms with E-state index in [0.717, 1.165) is 6.07 Å². The molecular weight excluding hydrogens is 261 g/mol. The Balaban J connectivity index is 3.59. The molecule has 0 spiro atoms. The van der Waals surface area contributed by atoms with Gasteiger partial charge in [0.25, 0.3) is 5.24 Å². The van der Waals surface area contributed by atoms with Gasteiger partial charge >= 0.3 is 0 Å². The molecule has 0 bridgehead atoms. The molecule has 7 heteroatoms. The lowest BCUT2D eigenvalue weighted by Gasteiger charge is -2.06. The Kier molecular flexibility index (Phi) is 3.40. The van der Waals surface area contributed by atoms with Gasteiger partial charge in [0, 0.05) is 10.6 Å². The van der Waals surface area contributed by atoms with Gasteiger partial charge in [-0.3, -0.25) is 4.79 Å². The molecule has 0 aliphatic heterocycles. The molecule has 0 atom stereocenters. The highest BCUT2D eigenvalue weighted by atomic mass is 35.5. The van der Waals surface area contributed by atoms with Gasteiger partial charge in [0.2, 0.25) is 10.0 Å². The molecule has 15 heavy (non-hydrogen) atoms. The summed E-state index contributed by atoms with van der Waals surface area (Å²) in [5.74, 6) is 0. The highest BCUT2D eigenvalue weighted by Gasteiger charge is 2.17. The molecule has 82 valence electrons. The van der Waals surface area contributed by atoms with Crippen LogP contribution in [0.1, 0.15) is 15.9 Å². The number of hydrogen-bond donors (Lipinski definition) is 1. The van der Waals surface area contributed by atoms with Crippen LogP contribution in [0.3, 0.4) is 0 Å². The molecular formula is C8H7Cl2NO3S. The predicted molar refractivity (Wildman–Crippen MR) is 57.7 cm³/mol. The topological polar surface area (TPSA) is 77.2 Å². The van der Waals surface area contributed by atoms with E-state index in [1.165, 1.54) is 13.0 Å². The van der Waals surface area contributed by atoms with Gasteiger partial charge in [-0.15, -0.1) is 0 Å². The van der Waals surface area contributed by atoms with Crippen LogP contribution >= 0.6 is 23.2 Å². The largest absolute Gasteiger partial charge is 0.276 e. The summed E-state index contributed by atoms with van der Waals surface area (Å²) in [5, 5.41) is 4.29. The van der Waals surface area contributed by atoms with E-state index in [2.05, 4.69) is 0 Å². The van der Waals surface area contributed by atoms with Crippen LogP contribution in [0.2, 0.25) is 5.02 Å². The average molecular weight is 268 g/mol. The first kappa shape index (κ1) is 12.4. The molecule has 0 amide bonds. The van der Waals surface area contributed by atoms with Crippen molar-refractivity contribution in [2.24, 2.45) is 5.14 Å². The van der Waals surface area contributed by atoms with E-state index in [4.69, 9.17) is 28.3 Å². The minimum Gasteiger partial charge on any atom is -0.276 e. The number of nitrogens with two attached hydrogens (primary N) is 1. The first-order valence-electron chi connectivity index (χ1n) is 3.76. The third kappa shape index (κ3) is 2.69. The van der Waals surface area contributed by atoms with E-state index in [9.17, 15) is 13.2 Å². The maximum atomic E-state index is 11.1. The van der Waals surface area contributed by atoms with E-state index in [0.29, 0.717) is 5.56 Å². The van der Waals surface area contributed by atoms with Gasteiger partial charge in [0.05, 0.1) is 4.90 Å². The summed E-state index contributed by atoms with van der Waals surface area (Å²) in [4.78, 5) is 10.7. The van der Waals surface area contributed by atoms with E-state index in [1.54, 1.807) is 0 Å². The third-order valence-electron chi connectivity index (χ3n) is 1.83. The lowest BCUT2D eigenvalue weighted by Crippen LogP contribution is -2.14. The molecule has 0 heterocycles. The van der Waals surface area contributed by atoms with Crippen molar-refractivity contribution in [3.8, 4) is 0 Å². The Labute approximate surface area is 97.0 Å². The lowest BCUT2D eigenvalue weighted by molar-refractivity contribution is 0.108. The fourth-order valence-corrected chi connectivity index (χ4v) is 2.28. The number of carbonyl (C=O) groups is 1. The summed E-state index contributed by atoms with van der Waals surface area (Å²) >= 11 is 11.0. The summed E-state index contributed by atoms with van der Waals surface area (Å²) in [5.41, 5.74) is 0.289. The fraction of sp³-hybridized carbons (Fsp3) is 0.125. The van der Waals surface area contributed by atoms with Crippen LogP contribution in [-0.2, 0) is 10.0 Å². The fourth-order valence-electron chi connectivity index (χ4n) is 1.06. The summed E-state index contributed by atoms with van der Waals surface area (Å²) < 4.78 is 22.3. The second-order valence-electron chi connectivity index (χ2n) is 2.90. The molecule has 0 aliphatic rings. The number of rotatable bonds is 2. The SMILES string of the molecule is Cc1c(Cl)cc(C(=O)Cl)cc1S(N)(=O)=O. The molecule has 1 aromatic rings. The molecule has 1 aromatic carbocycles. The molecule has 4 nitrogen and oxygen atoms in total. The van der Waals surface area contributed by atoms with Crippen molar-refractivity contribution in [1.82, 2.24) is 0 Å². The van der Waals surface area contributed by atoms with Crippen molar-refractivity contribution in [2.45, 2.75) is 11.8 Å². The molecule has 2 N–H and O–H groups in total. The van der Waals surface area contributed by atoms with Crippen molar-refractivity contribution in [1.29, 1.82) is 0 Å². The predicted octanol–water partition coefficient (Wildman–Crippen LogP) is 1.67. The van der Waals surface area contributed by atoms with E-state index >= 15 is 0 Å². The zero-order valence-corrected chi connectivity index (χ0v) is 9.95. The minimum atomic E-state index is -3.91. The van der Waals surface area contributed by atoms with Crippen molar-refractivity contribution in [3.63, 3.8) is 0 Å². The zero-order chi connectivity index (χ0) is 11.8. The molecule has 0 aromatic heterocycles. The van der Waals surface area contributed by atoms with Crippen LogP contribution in [0.5, 0.6) is 0 Å². The smallest absolute Gasteiger partial charge is 0.252 e. The Morgan fingerprint density at radius 1 is 1.40 bits per heavy atom. The minimum absolute atomic E-state index is 0.00343. The number of benzene rings is 1. The van der Waals surface area contributed by atoms with E-state index in [1.807, 2.05) is 0 Å². The van der Waals surface area contributed by atoms with Gasteiger partial charge in [0.1, 0.15) is 0 Å². The number of halogens is 2. The molecule has 0 fully saturated rings. The summed E-state index contributed by atoms with van der Waals surface area (Å²) in [6.45, 7) is 1.49. The van der Waals surface area contributed by atoms with Gasteiger partial charge in [-0.25, -0.2) is 13.6 Å². The van der Waals surface area contributed by atoms with Crippen molar-refractivity contribution >= 4 is 38.5 Å². The Hall–Kier alpha value is -0.620. The van der Waals surface area contributed by atoms with Gasteiger partial charge in [-0.05, 0) is 36.2 Å². The zero-order valence-electron chi connectivity index (χ0n) is 7.62. The third-order valence-corrected chi connectivity index (χ3v) is 3.48. The maximum absolute atomic E-state index is 11.1. The normalized spacial score (nSPS) is 11.5. The molecule has 0 aliphatic carbocycles. The first-order valence-corrected chi connectivity index (χ1v) is 6.06. The summed E-state index contributed by atoms with van der Waals surface area (Å²) in [6.07, 6.45) is 0. The number of sulfonamides is 1. The number of carbonyl (C=O) groups excluding carboxylic acids is 1. The van der Waals surface area contributed by atoms with Gasteiger partial charge in [0.15, 0.2) is 0 Å². The Bertz CT molecular complexity index is 525. The molecule has 0 saturated carbocycles. The van der Waals surface area contributed by atoms with E-state index in [-0.39, 0.29) is 15.5 Å². The van der Waals surface area contributed by atoms with Crippen molar-refractivity contribution in [3.05, 3.63) is 28.3 Å². The van der Waals surface area contributed by atoms with Gasteiger partial charge in [-0.1, -0.05) is 11.6 Å². The highest BCUT2D eigenvalue weighted by molar-refractivity contribution is 7.89. The number of hydrogen-bond acceptors (Lipinski definition) is 3. The Morgan fingerprint density at radius 3 is 2.33 bits per heavy atom. The second-order valence-corrected chi connectivity index (χ2v) is 5.18. The van der Waals surface area contributed by atoms with Crippen molar-refractivity contribution in [2.75, 3.05) is 0 Å². The van der Waals surface area contributed by atoms with Crippen LogP contribution in [0.4, 0.5) is 0 Å². The van der Waals surface area contributed by atoms with Crippen LogP contribution in [-0.4, -0.2) is 13.7 Å². The average Bonchev–Trinajstić information content (AvgIpc) is 2.06. The Morgan fingerprint density at radius 2 is 1.93 bits per heavy atom. The highest BCUT2D eigenvalue weighted by Crippen LogP contribution is 2.25. The van der Waals surface area contributed by atoms with Crippen LogP contribution in [0, 0.1) is 6.92 Å². The lowest BCUT2D eigenvalue weighted by atomic mass is 10.2. The van der Waals surface area contributed by atoms with Crippen LogP contribution < -0.4 is 5.14 Å². The quantitative estimate of drug-likeness (QED) is 0.829. The monoisotopic (exact) mass is 267 g/mol. The van der Waals surface area contributed by atoms with E-state index < -0.39 is 15.3 Å². The molecule has 0 radical (unpaired) electrons. The van der Waals surface area contributed by atoms with Gasteiger partial charge in [-0.2, -0.15) is 0 Å². The first-order chi connectivity index (χ1) is 6.73. The standard InChI is InChI=1S/C8H7Cl2NO3S/c1-4-6(9)2-5(8(10)12)3-7(4)15(11,13)14/h2-3H,1H3,(H2,11,13,14). The molecule has 0 saturated heterocycles. The maximum Gasteiger partial charge on any atom is 0.252 e. The van der Waals surface area contributed by atoms with Crippen LogP contribution in [0.15, 0.2) is 17.0 Å².